The fourth-order valence-electron chi connectivity index (χ4n) is 9.37. The number of carboxylic acids is 1. The molecule has 1 aromatic carbocycles. The lowest BCUT2D eigenvalue weighted by Crippen LogP contribution is -2.62. The van der Waals surface area contributed by atoms with Gasteiger partial charge in [-0.25, -0.2) is 9.59 Å². The van der Waals surface area contributed by atoms with Crippen molar-refractivity contribution in [3.05, 3.63) is 51.6 Å². The van der Waals surface area contributed by atoms with E-state index < -0.39 is 99.3 Å². The number of rotatable bonds is 20. The predicted octanol–water partition coefficient (Wildman–Crippen LogP) is 5.61. The molecule has 1 aromatic rings. The van der Waals surface area contributed by atoms with Crippen molar-refractivity contribution in [1.82, 2.24) is 15.5 Å². The minimum atomic E-state index is -1.58. The third-order valence-electron chi connectivity index (χ3n) is 12.9. The van der Waals surface area contributed by atoms with Gasteiger partial charge in [-0.05, 0) is 81.1 Å². The molecule has 0 radical (unpaired) electrons. The first-order valence-corrected chi connectivity index (χ1v) is 22.4. The van der Waals surface area contributed by atoms with E-state index in [4.69, 9.17) is 5.73 Å². The Bertz CT molecular complexity index is 1890. The lowest BCUT2D eigenvalue weighted by atomic mass is 9.75. The van der Waals surface area contributed by atoms with Crippen LogP contribution in [0.4, 0.5) is 5.69 Å². The lowest BCUT2D eigenvalue weighted by molar-refractivity contribution is -0.384. The number of nitro groups is 1. The van der Waals surface area contributed by atoms with Crippen molar-refractivity contribution in [2.24, 2.45) is 34.8 Å². The van der Waals surface area contributed by atoms with Gasteiger partial charge in [0.2, 0.25) is 23.6 Å². The first-order valence-electron chi connectivity index (χ1n) is 22.4. The second-order valence-corrected chi connectivity index (χ2v) is 18.4. The number of hydrogen-bond donors (Lipinski definition) is 4. The Morgan fingerprint density at radius 3 is 2.08 bits per heavy atom. The number of carbonyl (C=O) groups excluding carboxylic acids is 7. The van der Waals surface area contributed by atoms with Gasteiger partial charge in [0, 0.05) is 55.0 Å². The maximum absolute atomic E-state index is 14.7. The molecule has 1 aliphatic heterocycles. The van der Waals surface area contributed by atoms with Gasteiger partial charge in [0.15, 0.2) is 11.6 Å². The number of primary amides is 1. The summed E-state index contributed by atoms with van der Waals surface area (Å²) in [4.78, 5) is 120. The number of aromatic carboxylic acids is 1. The summed E-state index contributed by atoms with van der Waals surface area (Å²) in [5, 5.41) is 27.0. The van der Waals surface area contributed by atoms with E-state index in [1.807, 2.05) is 0 Å². The summed E-state index contributed by atoms with van der Waals surface area (Å²) in [6, 6.07) is -0.239. The van der Waals surface area contributed by atoms with Crippen LogP contribution in [0.25, 0.3) is 0 Å². The molecular weight excluding hydrogens is 815 g/mol. The molecule has 5 N–H and O–H groups in total. The number of allylic oxidation sites excluding steroid dienone is 1. The number of amides is 4. The zero-order chi connectivity index (χ0) is 46.4. The van der Waals surface area contributed by atoms with E-state index in [-0.39, 0.29) is 49.0 Å². The van der Waals surface area contributed by atoms with Crippen molar-refractivity contribution in [2.75, 3.05) is 13.7 Å². The third-order valence-corrected chi connectivity index (χ3v) is 12.9. The summed E-state index contributed by atoms with van der Waals surface area (Å²) < 4.78 is 4.63. The van der Waals surface area contributed by atoms with Gasteiger partial charge >= 0.3 is 11.9 Å². The van der Waals surface area contributed by atoms with E-state index in [9.17, 15) is 53.6 Å². The minimum absolute atomic E-state index is 0.0116. The van der Waals surface area contributed by atoms with E-state index in [0.29, 0.717) is 19.3 Å². The van der Waals surface area contributed by atoms with E-state index in [2.05, 4.69) is 15.4 Å². The topological polar surface area (TPSA) is 262 Å². The smallest absolute Gasteiger partial charge is 0.336 e. The molecule has 2 aliphatic carbocycles. The number of nitrogens with zero attached hydrogens (tertiary/aromatic N) is 2. The van der Waals surface area contributed by atoms with Crippen molar-refractivity contribution < 1.29 is 53.1 Å². The molecule has 1 saturated heterocycles. The third kappa shape index (κ3) is 14.0. The van der Waals surface area contributed by atoms with Gasteiger partial charge in [-0.1, -0.05) is 65.4 Å². The number of hydrogen-bond acceptors (Lipinski definition) is 11. The van der Waals surface area contributed by atoms with Crippen LogP contribution < -0.4 is 16.4 Å². The van der Waals surface area contributed by atoms with Gasteiger partial charge < -0.3 is 31.1 Å². The Hall–Kier alpha value is -5.48. The van der Waals surface area contributed by atoms with E-state index in [1.54, 1.807) is 20.8 Å². The minimum Gasteiger partial charge on any atom is -0.478 e. The molecule has 3 aliphatic rings. The maximum atomic E-state index is 14.7. The molecule has 17 nitrogen and oxygen atoms in total. The van der Waals surface area contributed by atoms with E-state index in [1.165, 1.54) is 18.1 Å². The Morgan fingerprint density at radius 2 is 1.51 bits per heavy atom. The number of likely N-dealkylation sites (tertiary alicyclic amines) is 1. The molecule has 4 rings (SSSR count). The molecule has 0 spiro atoms. The first-order chi connectivity index (χ1) is 29.8. The quantitative estimate of drug-likeness (QED) is 0.0410. The van der Waals surface area contributed by atoms with Gasteiger partial charge in [-0.3, -0.25) is 38.9 Å². The monoisotopic (exact) mass is 879 g/mol. The summed E-state index contributed by atoms with van der Waals surface area (Å²) in [6.45, 7) is 5.42. The first kappa shape index (κ1) is 50.2. The molecule has 3 fully saturated rings. The molecule has 63 heavy (non-hydrogen) atoms. The number of esters is 1. The molecular formula is C46H65N5O12. The summed E-state index contributed by atoms with van der Waals surface area (Å²) in [5.41, 5.74) is 3.46. The van der Waals surface area contributed by atoms with Crippen LogP contribution >= 0.6 is 0 Å². The highest BCUT2D eigenvalue weighted by Gasteiger charge is 2.44. The van der Waals surface area contributed by atoms with Crippen molar-refractivity contribution in [3.63, 3.8) is 0 Å². The fraction of sp³-hybridized carbons (Fsp3) is 0.652. The number of carboxylic acid groups (broad SMARTS) is 1. The highest BCUT2D eigenvalue weighted by Crippen LogP contribution is 2.35. The van der Waals surface area contributed by atoms with Crippen LogP contribution in [-0.2, 0) is 33.5 Å². The van der Waals surface area contributed by atoms with Crippen LogP contribution in [0.3, 0.4) is 0 Å². The lowest BCUT2D eigenvalue weighted by Gasteiger charge is -2.41. The maximum Gasteiger partial charge on any atom is 0.336 e. The molecule has 0 unspecified atom stereocenters. The number of ether oxygens (including phenoxy) is 1. The van der Waals surface area contributed by atoms with Gasteiger partial charge in [-0.15, -0.1) is 0 Å². The van der Waals surface area contributed by atoms with Gasteiger partial charge in [0.25, 0.3) is 5.69 Å². The summed E-state index contributed by atoms with van der Waals surface area (Å²) in [6.07, 6.45) is 12.5. The number of nitro benzene ring substituents is 1. The van der Waals surface area contributed by atoms with Crippen molar-refractivity contribution >= 4 is 52.8 Å². The zero-order valence-corrected chi connectivity index (χ0v) is 37.1. The molecule has 17 heteroatoms. The second-order valence-electron chi connectivity index (χ2n) is 18.4. The highest BCUT2D eigenvalue weighted by atomic mass is 16.6. The Balaban J connectivity index is 1.59. The van der Waals surface area contributed by atoms with Crippen LogP contribution in [0.15, 0.2) is 30.4 Å². The van der Waals surface area contributed by atoms with E-state index >= 15 is 0 Å². The van der Waals surface area contributed by atoms with Crippen LogP contribution in [0, 0.1) is 39.2 Å². The summed E-state index contributed by atoms with van der Waals surface area (Å²) >= 11 is 0. The Labute approximate surface area is 368 Å². The number of non-ortho nitro benzene ring substituents is 1. The van der Waals surface area contributed by atoms with Crippen LogP contribution in [0.5, 0.6) is 0 Å². The second kappa shape index (κ2) is 23.3. The Kier molecular flexibility index (Phi) is 18.5. The number of ketones is 2. The number of piperidine rings is 1. The number of methoxy groups -OCH3 is 1. The molecule has 4 amide bonds. The van der Waals surface area contributed by atoms with Crippen LogP contribution in [0.1, 0.15) is 151 Å². The average Bonchev–Trinajstić information content (AvgIpc) is 3.26. The van der Waals surface area contributed by atoms with Crippen LogP contribution in [0.2, 0.25) is 0 Å². The van der Waals surface area contributed by atoms with Crippen LogP contribution in [-0.4, -0.2) is 93.8 Å². The summed E-state index contributed by atoms with van der Waals surface area (Å²) in [5.74, 6) is -7.40. The largest absolute Gasteiger partial charge is 0.478 e. The van der Waals surface area contributed by atoms with Gasteiger partial charge in [0.1, 0.15) is 12.1 Å². The van der Waals surface area contributed by atoms with Crippen molar-refractivity contribution in [1.29, 1.82) is 0 Å². The molecule has 0 aromatic heterocycles. The molecule has 5 atom stereocenters. The number of Topliss-reactive ketones (excluding diaryl/α,β-unsaturated/α-hetero) is 2. The molecule has 2 saturated carbocycles. The van der Waals surface area contributed by atoms with Gasteiger partial charge in [-0.2, -0.15) is 0 Å². The van der Waals surface area contributed by atoms with E-state index in [0.717, 1.165) is 88.5 Å². The average molecular weight is 880 g/mol. The van der Waals surface area contributed by atoms with Gasteiger partial charge in [0.05, 0.1) is 23.6 Å². The van der Waals surface area contributed by atoms with Crippen molar-refractivity contribution in [3.8, 4) is 0 Å². The highest BCUT2D eigenvalue weighted by molar-refractivity contribution is 6.07. The standard InChI is InChI=1S/C46H65N5O12/c1-46(2,3)40(49-42(56)30(19-11-12-21-38(54)63-4)25-36(52)32-23-22-31(51(61)62)26-34(32)45(59)60)44(58)50-24-14-13-20-35(50)43(57)48-39(29-17-9-6-10-18-29)37(53)27-33(41(47)55)28-15-7-5-8-16-28/h12,21-23,26,28-30,33,35,39-40H,5-11,13-20,24-25,27H2,1-4H3,(H2,47,55)(H,48,57)(H,49,56)(H,59,60)/b21-12+/t30-,33+,35+,39+,40-/m1/s1. The predicted molar refractivity (Wildman–Crippen MR) is 231 cm³/mol. The fourth-order valence-corrected chi connectivity index (χ4v) is 9.37. The number of nitrogens with one attached hydrogen (secondary N) is 2. The van der Waals surface area contributed by atoms with Crippen molar-refractivity contribution in [2.45, 2.75) is 148 Å². The SMILES string of the molecule is COC(=O)/C=C/CC[C@H](CC(=O)c1ccc([N+](=O)[O-])cc1C(=O)O)C(=O)N[C@H](C(=O)N1CCCC[C@H]1C(=O)N[C@H](C(=O)C[C@H](C(N)=O)C1CCCCC1)C1CCCCC1)C(C)(C)C. The normalized spacial score (nSPS) is 19.6. The molecule has 0 bridgehead atoms. The summed E-state index contributed by atoms with van der Waals surface area (Å²) in [7, 11) is 1.19. The molecule has 346 valence electrons. The number of carbonyl (C=O) groups is 8. The molecule has 1 heterocycles. The number of benzene rings is 1. The Morgan fingerprint density at radius 1 is 0.889 bits per heavy atom. The zero-order valence-electron chi connectivity index (χ0n) is 37.1. The number of nitrogens with two attached hydrogens (primary N) is 1.